The first kappa shape index (κ1) is 21.4. The molecule has 1 aliphatic heterocycles. The first-order valence-electron chi connectivity index (χ1n) is 8.37. The van der Waals surface area contributed by atoms with Gasteiger partial charge in [-0.2, -0.15) is 0 Å². The molecule has 0 aliphatic carbocycles. The van der Waals surface area contributed by atoms with E-state index in [1.807, 2.05) is 12.3 Å². The third-order valence-electron chi connectivity index (χ3n) is 3.67. The summed E-state index contributed by atoms with van der Waals surface area (Å²) in [4.78, 5) is 9.03. The van der Waals surface area contributed by atoms with Gasteiger partial charge < -0.3 is 4.74 Å². The number of pyridine rings is 1. The van der Waals surface area contributed by atoms with Gasteiger partial charge in [0.25, 0.3) is 0 Å². The lowest BCUT2D eigenvalue weighted by molar-refractivity contribution is 0.185. The standard InChI is InChI=1S/C7H8ClN.C6H12O.C5H6ClNS/c1-2-6-3-4-7(8)9-5-6;1-2-6-3-4-7-5-6;1-2-4-3-7-5(6)8-4/h3-5H,2H2,1H3;6H,2-5H2,1H3;3H,2H2,1H3. The van der Waals surface area contributed by atoms with Crippen LogP contribution in [0.4, 0.5) is 0 Å². The van der Waals surface area contributed by atoms with Crippen LogP contribution >= 0.6 is 34.5 Å². The summed E-state index contributed by atoms with van der Waals surface area (Å²) in [6.45, 7) is 8.41. The third-order valence-corrected chi connectivity index (χ3v) is 5.15. The van der Waals surface area contributed by atoms with Gasteiger partial charge in [-0.25, -0.2) is 9.97 Å². The van der Waals surface area contributed by atoms with Crippen LogP contribution in [0.15, 0.2) is 24.5 Å². The Morgan fingerprint density at radius 2 is 1.92 bits per heavy atom. The van der Waals surface area contributed by atoms with E-state index in [9.17, 15) is 0 Å². The molecular formula is C18H26Cl2N2OS. The Kier molecular flexibility index (Phi) is 11.3. The van der Waals surface area contributed by atoms with Crippen LogP contribution < -0.4 is 0 Å². The fraction of sp³-hybridized carbons (Fsp3) is 0.556. The van der Waals surface area contributed by atoms with E-state index in [1.165, 1.54) is 23.3 Å². The van der Waals surface area contributed by atoms with Gasteiger partial charge in [0.15, 0.2) is 4.47 Å². The van der Waals surface area contributed by atoms with Crippen molar-refractivity contribution in [1.82, 2.24) is 9.97 Å². The van der Waals surface area contributed by atoms with Crippen LogP contribution in [0, 0.1) is 5.92 Å². The van der Waals surface area contributed by atoms with Crippen molar-refractivity contribution in [3.05, 3.63) is 44.6 Å². The minimum absolute atomic E-state index is 0.562. The molecule has 1 fully saturated rings. The van der Waals surface area contributed by atoms with Gasteiger partial charge in [-0.05, 0) is 36.8 Å². The van der Waals surface area contributed by atoms with Crippen molar-refractivity contribution in [2.24, 2.45) is 5.92 Å². The molecule has 1 unspecified atom stereocenters. The summed E-state index contributed by atoms with van der Waals surface area (Å²) in [7, 11) is 0. The number of halogens is 2. The summed E-state index contributed by atoms with van der Waals surface area (Å²) in [6, 6.07) is 3.79. The highest BCUT2D eigenvalue weighted by Gasteiger charge is 2.11. The van der Waals surface area contributed by atoms with Gasteiger partial charge >= 0.3 is 0 Å². The second-order valence-electron chi connectivity index (χ2n) is 5.41. The molecule has 0 amide bonds. The van der Waals surface area contributed by atoms with Gasteiger partial charge in [-0.3, -0.25) is 0 Å². The van der Waals surface area contributed by atoms with Gasteiger partial charge in [0.2, 0.25) is 0 Å². The molecule has 3 nitrogen and oxygen atoms in total. The van der Waals surface area contributed by atoms with Gasteiger partial charge in [0.05, 0.1) is 0 Å². The quantitative estimate of drug-likeness (QED) is 0.596. The fourth-order valence-corrected chi connectivity index (χ4v) is 3.00. The Labute approximate surface area is 159 Å². The number of rotatable bonds is 3. The first-order chi connectivity index (χ1) is 11.6. The van der Waals surface area contributed by atoms with Crippen LogP contribution in [-0.2, 0) is 17.6 Å². The van der Waals surface area contributed by atoms with Gasteiger partial charge in [-0.1, -0.05) is 56.5 Å². The van der Waals surface area contributed by atoms with Crippen LogP contribution in [0.5, 0.6) is 0 Å². The molecule has 2 aromatic rings. The molecule has 0 bridgehead atoms. The summed E-state index contributed by atoms with van der Waals surface area (Å²) in [6.07, 6.45) is 8.24. The van der Waals surface area contributed by atoms with Crippen molar-refractivity contribution >= 4 is 34.5 Å². The van der Waals surface area contributed by atoms with Crippen LogP contribution in [-0.4, -0.2) is 23.2 Å². The van der Waals surface area contributed by atoms with Crippen molar-refractivity contribution in [3.8, 4) is 0 Å². The molecule has 1 saturated heterocycles. The minimum atomic E-state index is 0.562. The number of thiazole rings is 1. The number of aryl methyl sites for hydroxylation is 2. The van der Waals surface area contributed by atoms with Gasteiger partial charge in [0, 0.05) is 30.5 Å². The summed E-state index contributed by atoms with van der Waals surface area (Å²) in [5, 5.41) is 0.562. The molecule has 1 atom stereocenters. The smallest absolute Gasteiger partial charge is 0.183 e. The topological polar surface area (TPSA) is 35.0 Å². The molecule has 3 rings (SSSR count). The summed E-state index contributed by atoms with van der Waals surface area (Å²) in [5.74, 6) is 0.875. The minimum Gasteiger partial charge on any atom is -0.381 e. The Morgan fingerprint density at radius 3 is 2.25 bits per heavy atom. The summed E-state index contributed by atoms with van der Waals surface area (Å²) >= 11 is 12.6. The van der Waals surface area contributed by atoms with E-state index in [0.717, 1.165) is 32.0 Å². The van der Waals surface area contributed by atoms with Gasteiger partial charge in [0.1, 0.15) is 5.15 Å². The summed E-state index contributed by atoms with van der Waals surface area (Å²) < 4.78 is 5.79. The molecule has 6 heteroatoms. The molecule has 2 aromatic heterocycles. The van der Waals surface area contributed by atoms with Crippen molar-refractivity contribution in [2.45, 2.75) is 46.5 Å². The fourth-order valence-electron chi connectivity index (χ4n) is 1.97. The SMILES string of the molecule is CCC1CCOC1.CCc1ccc(Cl)nc1.CCc1cnc(Cl)s1. The monoisotopic (exact) mass is 388 g/mol. The molecular weight excluding hydrogens is 363 g/mol. The number of ether oxygens (including phenoxy) is 1. The van der Waals surface area contributed by atoms with Crippen molar-refractivity contribution in [3.63, 3.8) is 0 Å². The van der Waals surface area contributed by atoms with E-state index in [1.54, 1.807) is 23.6 Å². The lowest BCUT2D eigenvalue weighted by Gasteiger charge is -1.97. The van der Waals surface area contributed by atoms with E-state index in [-0.39, 0.29) is 0 Å². The van der Waals surface area contributed by atoms with Crippen LogP contribution in [0.25, 0.3) is 0 Å². The van der Waals surface area contributed by atoms with Crippen LogP contribution in [0.1, 0.15) is 44.1 Å². The average Bonchev–Trinajstić information content (AvgIpc) is 3.28. The molecule has 134 valence electrons. The maximum Gasteiger partial charge on any atom is 0.183 e. The Balaban J connectivity index is 0.000000181. The zero-order valence-corrected chi connectivity index (χ0v) is 16.9. The molecule has 24 heavy (non-hydrogen) atoms. The lowest BCUT2D eigenvalue weighted by atomic mass is 10.1. The molecule has 0 saturated carbocycles. The summed E-state index contributed by atoms with van der Waals surface area (Å²) in [5.41, 5.74) is 1.22. The van der Waals surface area contributed by atoms with Crippen LogP contribution in [0.3, 0.4) is 0 Å². The normalized spacial score (nSPS) is 16.0. The van der Waals surface area contributed by atoms with Gasteiger partial charge in [-0.15, -0.1) is 11.3 Å². The highest BCUT2D eigenvalue weighted by Crippen LogP contribution is 2.17. The predicted octanol–water partition coefficient (Wildman–Crippen LogP) is 6.09. The number of hydrogen-bond donors (Lipinski definition) is 0. The highest BCUT2D eigenvalue weighted by atomic mass is 35.5. The van der Waals surface area contributed by atoms with E-state index in [2.05, 4.69) is 30.7 Å². The largest absolute Gasteiger partial charge is 0.381 e. The maximum atomic E-state index is 5.56. The molecule has 0 spiro atoms. The molecule has 1 aliphatic rings. The van der Waals surface area contributed by atoms with E-state index in [0.29, 0.717) is 9.62 Å². The molecule has 3 heterocycles. The second kappa shape index (κ2) is 12.6. The predicted molar refractivity (Wildman–Crippen MR) is 104 cm³/mol. The average molecular weight is 389 g/mol. The number of aromatic nitrogens is 2. The maximum absolute atomic E-state index is 5.56. The van der Waals surface area contributed by atoms with E-state index in [4.69, 9.17) is 27.9 Å². The molecule has 0 aromatic carbocycles. The van der Waals surface area contributed by atoms with Crippen LogP contribution in [0.2, 0.25) is 9.62 Å². The number of hydrogen-bond acceptors (Lipinski definition) is 4. The number of nitrogens with zero attached hydrogens (tertiary/aromatic N) is 2. The Morgan fingerprint density at radius 1 is 1.12 bits per heavy atom. The molecule has 0 radical (unpaired) electrons. The van der Waals surface area contributed by atoms with Crippen molar-refractivity contribution in [1.29, 1.82) is 0 Å². The third kappa shape index (κ3) is 8.97. The second-order valence-corrected chi connectivity index (χ2v) is 7.50. The molecule has 0 N–H and O–H groups in total. The Hall–Kier alpha value is -0.680. The van der Waals surface area contributed by atoms with E-state index >= 15 is 0 Å². The lowest BCUT2D eigenvalue weighted by Crippen LogP contribution is -1.94. The van der Waals surface area contributed by atoms with Crippen molar-refractivity contribution < 1.29 is 4.74 Å². The zero-order chi connectivity index (χ0) is 17.8. The first-order valence-corrected chi connectivity index (χ1v) is 9.94. The van der Waals surface area contributed by atoms with Crippen molar-refractivity contribution in [2.75, 3.05) is 13.2 Å². The zero-order valence-electron chi connectivity index (χ0n) is 14.6. The highest BCUT2D eigenvalue weighted by molar-refractivity contribution is 7.15. The van der Waals surface area contributed by atoms with E-state index < -0.39 is 0 Å². The Bertz CT molecular complexity index is 554.